The first-order chi connectivity index (χ1) is 10.1. The highest BCUT2D eigenvalue weighted by atomic mass is 14.9. The van der Waals surface area contributed by atoms with E-state index in [4.69, 9.17) is 5.26 Å². The molecule has 2 rings (SSSR count). The van der Waals surface area contributed by atoms with Crippen molar-refractivity contribution in [1.29, 1.82) is 5.26 Å². The maximum absolute atomic E-state index is 9.11. The van der Waals surface area contributed by atoms with Gasteiger partial charge in [-0.15, -0.1) is 0 Å². The van der Waals surface area contributed by atoms with Crippen molar-refractivity contribution in [1.82, 2.24) is 5.32 Å². The van der Waals surface area contributed by atoms with Gasteiger partial charge in [-0.3, -0.25) is 0 Å². The van der Waals surface area contributed by atoms with E-state index in [1.807, 2.05) is 24.3 Å². The molecule has 0 spiro atoms. The third-order valence-electron chi connectivity index (χ3n) is 3.84. The zero-order chi connectivity index (χ0) is 15.2. The van der Waals surface area contributed by atoms with Gasteiger partial charge in [0, 0.05) is 12.6 Å². The van der Waals surface area contributed by atoms with Crippen molar-refractivity contribution in [2.75, 3.05) is 0 Å². The van der Waals surface area contributed by atoms with Crippen LogP contribution in [0.15, 0.2) is 48.5 Å². The summed E-state index contributed by atoms with van der Waals surface area (Å²) >= 11 is 0. The first-order valence-electron chi connectivity index (χ1n) is 7.43. The lowest BCUT2D eigenvalue weighted by Gasteiger charge is -2.16. The number of hydrogen-bond donors (Lipinski definition) is 1. The van der Waals surface area contributed by atoms with Gasteiger partial charge in [0.2, 0.25) is 0 Å². The van der Waals surface area contributed by atoms with Crippen LogP contribution < -0.4 is 5.32 Å². The van der Waals surface area contributed by atoms with Gasteiger partial charge in [0.15, 0.2) is 0 Å². The molecule has 0 fully saturated rings. The fourth-order valence-corrected chi connectivity index (χ4v) is 2.33. The highest BCUT2D eigenvalue weighted by Crippen LogP contribution is 2.19. The lowest BCUT2D eigenvalue weighted by Crippen LogP contribution is -2.18. The van der Waals surface area contributed by atoms with Gasteiger partial charge in [-0.05, 0) is 35.6 Å². The van der Waals surface area contributed by atoms with Crippen LogP contribution in [-0.4, -0.2) is 0 Å². The summed E-state index contributed by atoms with van der Waals surface area (Å²) in [4.78, 5) is 0. The third-order valence-corrected chi connectivity index (χ3v) is 3.84. The Bertz CT molecular complexity index is 621. The average molecular weight is 278 g/mol. The average Bonchev–Trinajstić information content (AvgIpc) is 2.52. The van der Waals surface area contributed by atoms with E-state index in [0.29, 0.717) is 12.5 Å². The minimum Gasteiger partial charge on any atom is -0.306 e. The minimum atomic E-state index is 0.262. The Morgan fingerprint density at radius 1 is 0.952 bits per heavy atom. The molecule has 1 atom stereocenters. The van der Waals surface area contributed by atoms with Crippen LogP contribution in [0.5, 0.6) is 0 Å². The van der Waals surface area contributed by atoms with Crippen molar-refractivity contribution in [2.24, 2.45) is 0 Å². The zero-order valence-electron chi connectivity index (χ0n) is 12.9. The Kier molecular flexibility index (Phi) is 5.14. The Balaban J connectivity index is 2.01. The summed E-state index contributed by atoms with van der Waals surface area (Å²) in [6, 6.07) is 19.0. The fourth-order valence-electron chi connectivity index (χ4n) is 2.33. The normalized spacial score (nSPS) is 12.1. The van der Waals surface area contributed by atoms with E-state index < -0.39 is 0 Å². The van der Waals surface area contributed by atoms with Crippen molar-refractivity contribution in [3.63, 3.8) is 0 Å². The Hall–Kier alpha value is -2.11. The molecular formula is C19H22N2. The van der Waals surface area contributed by atoms with Crippen molar-refractivity contribution < 1.29 is 0 Å². The number of nitriles is 1. The van der Waals surface area contributed by atoms with Crippen LogP contribution in [0.1, 0.15) is 55.0 Å². The van der Waals surface area contributed by atoms with Crippen molar-refractivity contribution in [2.45, 2.75) is 39.3 Å². The molecule has 0 aliphatic rings. The summed E-state index contributed by atoms with van der Waals surface area (Å²) in [6.45, 7) is 7.27. The van der Waals surface area contributed by atoms with Gasteiger partial charge in [-0.2, -0.15) is 5.26 Å². The van der Waals surface area contributed by atoms with Crippen LogP contribution in [0, 0.1) is 11.3 Å². The molecule has 0 aliphatic heterocycles. The van der Waals surface area contributed by atoms with Gasteiger partial charge in [0.25, 0.3) is 0 Å². The standard InChI is InChI=1S/C19H22N2/c1-14(2)16-8-10-17(11-9-16)15(3)21-13-19-7-5-4-6-18(19)12-20/h4-11,14-15,21H,13H2,1-3H3. The molecule has 1 N–H and O–H groups in total. The van der Waals surface area contributed by atoms with Gasteiger partial charge in [0.1, 0.15) is 0 Å². The largest absolute Gasteiger partial charge is 0.306 e. The van der Waals surface area contributed by atoms with Crippen LogP contribution >= 0.6 is 0 Å². The number of hydrogen-bond acceptors (Lipinski definition) is 2. The van der Waals surface area contributed by atoms with Gasteiger partial charge >= 0.3 is 0 Å². The van der Waals surface area contributed by atoms with Crippen LogP contribution in [0.25, 0.3) is 0 Å². The lowest BCUT2D eigenvalue weighted by molar-refractivity contribution is 0.574. The van der Waals surface area contributed by atoms with Gasteiger partial charge in [-0.1, -0.05) is 56.3 Å². The second-order valence-corrected chi connectivity index (χ2v) is 5.69. The fraction of sp³-hybridized carbons (Fsp3) is 0.316. The number of nitrogens with one attached hydrogen (secondary N) is 1. The first-order valence-corrected chi connectivity index (χ1v) is 7.43. The molecule has 1 unspecified atom stereocenters. The molecule has 0 heterocycles. The Labute approximate surface area is 127 Å². The number of nitrogens with zero attached hydrogens (tertiary/aromatic N) is 1. The second-order valence-electron chi connectivity index (χ2n) is 5.69. The van der Waals surface area contributed by atoms with Gasteiger partial charge in [-0.25, -0.2) is 0 Å². The Morgan fingerprint density at radius 3 is 2.19 bits per heavy atom. The second kappa shape index (κ2) is 7.06. The van der Waals surface area contributed by atoms with E-state index >= 15 is 0 Å². The monoisotopic (exact) mass is 278 g/mol. The highest BCUT2D eigenvalue weighted by molar-refractivity contribution is 5.37. The predicted octanol–water partition coefficient (Wildman–Crippen LogP) is 4.53. The van der Waals surface area contributed by atoms with E-state index in [0.717, 1.165) is 11.1 Å². The smallest absolute Gasteiger partial charge is 0.0995 e. The third kappa shape index (κ3) is 3.93. The molecule has 0 aromatic heterocycles. The number of rotatable bonds is 5. The van der Waals surface area contributed by atoms with Crippen LogP contribution in [0.2, 0.25) is 0 Å². The van der Waals surface area contributed by atoms with Crippen molar-refractivity contribution >= 4 is 0 Å². The predicted molar refractivity (Wildman–Crippen MR) is 86.9 cm³/mol. The van der Waals surface area contributed by atoms with Crippen LogP contribution in [0.4, 0.5) is 0 Å². The molecule has 0 amide bonds. The molecule has 0 bridgehead atoms. The first kappa shape index (κ1) is 15.3. The molecule has 2 heteroatoms. The summed E-state index contributed by atoms with van der Waals surface area (Å²) in [5, 5.41) is 12.6. The Morgan fingerprint density at radius 2 is 1.57 bits per heavy atom. The van der Waals surface area contributed by atoms with E-state index in [-0.39, 0.29) is 6.04 Å². The molecule has 2 aromatic rings. The molecule has 108 valence electrons. The molecule has 0 aliphatic carbocycles. The SMILES string of the molecule is CC(C)c1ccc(C(C)NCc2ccccc2C#N)cc1. The van der Waals surface area contributed by atoms with Crippen LogP contribution in [-0.2, 0) is 6.54 Å². The maximum atomic E-state index is 9.11. The summed E-state index contributed by atoms with van der Waals surface area (Å²) in [5.74, 6) is 0.560. The van der Waals surface area contributed by atoms with Gasteiger partial charge < -0.3 is 5.32 Å². The summed E-state index contributed by atoms with van der Waals surface area (Å²) in [5.41, 5.74) is 4.42. The molecule has 2 nitrogen and oxygen atoms in total. The van der Waals surface area contributed by atoms with Crippen molar-refractivity contribution in [3.8, 4) is 6.07 Å². The summed E-state index contributed by atoms with van der Waals surface area (Å²) in [7, 11) is 0. The molecule has 0 saturated heterocycles. The van der Waals surface area contributed by atoms with Crippen molar-refractivity contribution in [3.05, 3.63) is 70.8 Å². The minimum absolute atomic E-state index is 0.262. The van der Waals surface area contributed by atoms with E-state index in [1.54, 1.807) is 0 Å². The molecule has 2 aromatic carbocycles. The summed E-state index contributed by atoms with van der Waals surface area (Å²) < 4.78 is 0. The molecule has 21 heavy (non-hydrogen) atoms. The highest BCUT2D eigenvalue weighted by Gasteiger charge is 2.07. The van der Waals surface area contributed by atoms with E-state index in [1.165, 1.54) is 11.1 Å². The van der Waals surface area contributed by atoms with E-state index in [9.17, 15) is 0 Å². The van der Waals surface area contributed by atoms with E-state index in [2.05, 4.69) is 56.4 Å². The summed E-state index contributed by atoms with van der Waals surface area (Å²) in [6.07, 6.45) is 0. The zero-order valence-corrected chi connectivity index (χ0v) is 12.9. The van der Waals surface area contributed by atoms with Gasteiger partial charge in [0.05, 0.1) is 11.6 Å². The maximum Gasteiger partial charge on any atom is 0.0995 e. The number of benzene rings is 2. The van der Waals surface area contributed by atoms with Crippen LogP contribution in [0.3, 0.4) is 0 Å². The topological polar surface area (TPSA) is 35.8 Å². The molecule has 0 saturated carbocycles. The molecule has 0 radical (unpaired) electrons. The molecular weight excluding hydrogens is 256 g/mol. The lowest BCUT2D eigenvalue weighted by atomic mass is 9.99. The quantitative estimate of drug-likeness (QED) is 0.872.